The molecule has 1 aromatic heterocycles. The molecular formula is C17H14N4O3S. The number of aromatic nitrogens is 2. The van der Waals surface area contributed by atoms with Gasteiger partial charge in [0, 0.05) is 23.9 Å². The Balaban J connectivity index is 1.86. The fraction of sp³-hybridized carbons (Fsp3) is 0.0588. The summed E-state index contributed by atoms with van der Waals surface area (Å²) in [6.07, 6.45) is 0. The van der Waals surface area contributed by atoms with Crippen molar-refractivity contribution < 1.29 is 9.59 Å². The van der Waals surface area contributed by atoms with Crippen molar-refractivity contribution in [3.63, 3.8) is 0 Å². The first-order valence-electron chi connectivity index (χ1n) is 7.38. The van der Waals surface area contributed by atoms with E-state index in [0.29, 0.717) is 27.7 Å². The van der Waals surface area contributed by atoms with Crippen LogP contribution in [0.1, 0.15) is 20.7 Å². The van der Waals surface area contributed by atoms with Gasteiger partial charge >= 0.3 is 0 Å². The largest absolute Gasteiger partial charge is 0.355 e. The number of anilines is 1. The number of nitrogens with one attached hydrogen (secondary N) is 4. The lowest BCUT2D eigenvalue weighted by atomic mass is 10.1. The number of amides is 2. The minimum absolute atomic E-state index is 0.194. The van der Waals surface area contributed by atoms with E-state index in [1.807, 2.05) is 0 Å². The lowest BCUT2D eigenvalue weighted by Gasteiger charge is -2.07. The van der Waals surface area contributed by atoms with Gasteiger partial charge in [0.2, 0.25) is 0 Å². The number of H-pyrrole nitrogens is 2. The molecule has 0 saturated carbocycles. The molecule has 4 N–H and O–H groups in total. The first-order chi connectivity index (χ1) is 12.0. The number of aromatic amines is 2. The van der Waals surface area contributed by atoms with E-state index in [1.54, 1.807) is 49.5 Å². The molecule has 7 nitrogen and oxygen atoms in total. The van der Waals surface area contributed by atoms with Gasteiger partial charge in [-0.2, -0.15) is 0 Å². The van der Waals surface area contributed by atoms with Gasteiger partial charge in [0.15, 0.2) is 4.77 Å². The minimum atomic E-state index is -0.339. The number of hydrogen-bond donors (Lipinski definition) is 4. The van der Waals surface area contributed by atoms with Gasteiger partial charge in [0.05, 0.1) is 10.9 Å². The second-order valence-electron chi connectivity index (χ2n) is 5.28. The zero-order valence-electron chi connectivity index (χ0n) is 13.2. The highest BCUT2D eigenvalue weighted by Gasteiger charge is 2.09. The van der Waals surface area contributed by atoms with Crippen LogP contribution in [0.2, 0.25) is 0 Å². The topological polar surface area (TPSA) is 107 Å². The van der Waals surface area contributed by atoms with E-state index >= 15 is 0 Å². The quantitative estimate of drug-likeness (QED) is 0.541. The van der Waals surface area contributed by atoms with Gasteiger partial charge in [-0.1, -0.05) is 0 Å². The number of carbonyl (C=O) groups is 2. The van der Waals surface area contributed by atoms with Crippen LogP contribution >= 0.6 is 12.2 Å². The van der Waals surface area contributed by atoms with E-state index in [1.165, 1.54) is 0 Å². The number of benzene rings is 2. The highest BCUT2D eigenvalue weighted by Crippen LogP contribution is 2.14. The van der Waals surface area contributed by atoms with Gasteiger partial charge in [0.25, 0.3) is 17.4 Å². The summed E-state index contributed by atoms with van der Waals surface area (Å²) in [6, 6.07) is 11.2. The van der Waals surface area contributed by atoms with Gasteiger partial charge < -0.3 is 15.6 Å². The summed E-state index contributed by atoms with van der Waals surface area (Å²) in [4.78, 5) is 41.0. The first-order valence-corrected chi connectivity index (χ1v) is 7.78. The van der Waals surface area contributed by atoms with Crippen LogP contribution in [-0.2, 0) is 0 Å². The summed E-state index contributed by atoms with van der Waals surface area (Å²) < 4.78 is 0.194. The van der Waals surface area contributed by atoms with E-state index in [2.05, 4.69) is 20.6 Å². The molecule has 25 heavy (non-hydrogen) atoms. The molecule has 0 radical (unpaired) electrons. The molecular weight excluding hydrogens is 340 g/mol. The van der Waals surface area contributed by atoms with Crippen molar-refractivity contribution >= 4 is 40.6 Å². The third-order valence-corrected chi connectivity index (χ3v) is 3.84. The fourth-order valence-electron chi connectivity index (χ4n) is 2.36. The molecule has 2 amide bonds. The van der Waals surface area contributed by atoms with E-state index in [-0.39, 0.29) is 22.1 Å². The van der Waals surface area contributed by atoms with Crippen LogP contribution in [0.5, 0.6) is 0 Å². The van der Waals surface area contributed by atoms with Crippen molar-refractivity contribution in [3.05, 3.63) is 68.7 Å². The predicted molar refractivity (Wildman–Crippen MR) is 97.5 cm³/mol. The van der Waals surface area contributed by atoms with Crippen LogP contribution in [0.25, 0.3) is 10.9 Å². The first kappa shape index (κ1) is 16.6. The van der Waals surface area contributed by atoms with E-state index in [9.17, 15) is 14.4 Å². The molecule has 0 bridgehead atoms. The summed E-state index contributed by atoms with van der Waals surface area (Å²) in [5.41, 5.74) is 1.60. The van der Waals surface area contributed by atoms with Crippen molar-refractivity contribution in [2.45, 2.75) is 0 Å². The Kier molecular flexibility index (Phi) is 4.44. The number of hydrogen-bond acceptors (Lipinski definition) is 4. The SMILES string of the molecule is CNC(=O)c1ccc(NC(=O)c2ccc3c(=O)[nH]c(=S)[nH]c3c2)cc1. The third kappa shape index (κ3) is 3.48. The van der Waals surface area contributed by atoms with Crippen LogP contribution < -0.4 is 16.2 Å². The lowest BCUT2D eigenvalue weighted by molar-refractivity contribution is 0.0962. The van der Waals surface area contributed by atoms with Crippen LogP contribution in [-0.4, -0.2) is 28.8 Å². The molecule has 0 saturated heterocycles. The van der Waals surface area contributed by atoms with Crippen molar-refractivity contribution in [1.29, 1.82) is 0 Å². The lowest BCUT2D eigenvalue weighted by Crippen LogP contribution is -2.18. The van der Waals surface area contributed by atoms with Gasteiger partial charge in [-0.3, -0.25) is 19.4 Å². The highest BCUT2D eigenvalue weighted by atomic mass is 32.1. The van der Waals surface area contributed by atoms with E-state index in [4.69, 9.17) is 12.2 Å². The molecule has 8 heteroatoms. The zero-order valence-corrected chi connectivity index (χ0v) is 14.0. The summed E-state index contributed by atoms with van der Waals surface area (Å²) >= 11 is 4.94. The molecule has 0 aliphatic carbocycles. The molecule has 0 aliphatic rings. The van der Waals surface area contributed by atoms with Crippen molar-refractivity contribution in [2.24, 2.45) is 0 Å². The highest BCUT2D eigenvalue weighted by molar-refractivity contribution is 7.71. The van der Waals surface area contributed by atoms with E-state index < -0.39 is 0 Å². The molecule has 1 heterocycles. The predicted octanol–water partition coefficient (Wildman–Crippen LogP) is 2.20. The summed E-state index contributed by atoms with van der Waals surface area (Å²) in [6.45, 7) is 0. The third-order valence-electron chi connectivity index (χ3n) is 3.63. The molecule has 0 aliphatic heterocycles. The van der Waals surface area contributed by atoms with Gasteiger partial charge in [-0.05, 0) is 54.7 Å². The Morgan fingerprint density at radius 2 is 1.64 bits per heavy atom. The van der Waals surface area contributed by atoms with Crippen LogP contribution in [0.15, 0.2) is 47.3 Å². The van der Waals surface area contributed by atoms with Crippen molar-refractivity contribution in [1.82, 2.24) is 15.3 Å². The minimum Gasteiger partial charge on any atom is -0.355 e. The number of rotatable bonds is 3. The zero-order chi connectivity index (χ0) is 18.0. The fourth-order valence-corrected chi connectivity index (χ4v) is 2.57. The Morgan fingerprint density at radius 1 is 0.960 bits per heavy atom. The number of fused-ring (bicyclic) bond motifs is 1. The number of carbonyl (C=O) groups excluding carboxylic acids is 2. The average Bonchev–Trinajstić information content (AvgIpc) is 2.61. The Hall–Kier alpha value is -3.26. The van der Waals surface area contributed by atoms with Crippen LogP contribution in [0.4, 0.5) is 5.69 Å². The molecule has 0 spiro atoms. The van der Waals surface area contributed by atoms with Gasteiger partial charge in [-0.15, -0.1) is 0 Å². The maximum absolute atomic E-state index is 12.4. The second-order valence-corrected chi connectivity index (χ2v) is 5.69. The molecule has 2 aromatic carbocycles. The molecule has 3 rings (SSSR count). The average molecular weight is 354 g/mol. The molecule has 126 valence electrons. The molecule has 0 unspecified atom stereocenters. The van der Waals surface area contributed by atoms with Gasteiger partial charge in [0.1, 0.15) is 0 Å². The monoisotopic (exact) mass is 354 g/mol. The summed E-state index contributed by atoms with van der Waals surface area (Å²) in [7, 11) is 1.55. The Labute approximate surface area is 147 Å². The molecule has 0 atom stereocenters. The molecule has 3 aromatic rings. The summed E-state index contributed by atoms with van der Waals surface area (Å²) in [5, 5.41) is 5.68. The smallest absolute Gasteiger partial charge is 0.259 e. The maximum atomic E-state index is 12.4. The van der Waals surface area contributed by atoms with Crippen LogP contribution in [0.3, 0.4) is 0 Å². The van der Waals surface area contributed by atoms with Crippen molar-refractivity contribution in [3.8, 4) is 0 Å². The second kappa shape index (κ2) is 6.70. The molecule has 0 fully saturated rings. The Morgan fingerprint density at radius 3 is 2.32 bits per heavy atom. The van der Waals surface area contributed by atoms with Crippen molar-refractivity contribution in [2.75, 3.05) is 12.4 Å². The van der Waals surface area contributed by atoms with Gasteiger partial charge in [-0.25, -0.2) is 0 Å². The normalized spacial score (nSPS) is 10.4. The standard InChI is InChI=1S/C17H14N4O3S/c1-18-14(22)9-2-5-11(6-3-9)19-15(23)10-4-7-12-13(8-10)20-17(25)21-16(12)24/h2-8H,1H3,(H,18,22)(H,19,23)(H2,20,21,24,25). The Bertz CT molecular complexity index is 1080. The van der Waals surface area contributed by atoms with Crippen LogP contribution in [0, 0.1) is 4.77 Å². The summed E-state index contributed by atoms with van der Waals surface area (Å²) in [5.74, 6) is -0.540. The maximum Gasteiger partial charge on any atom is 0.259 e. The van der Waals surface area contributed by atoms with E-state index in [0.717, 1.165) is 0 Å².